The molecule has 0 spiro atoms. The maximum atomic E-state index is 10.2. The smallest absolute Gasteiger partial charge is 0.137 e. The Kier molecular flexibility index (Phi) is 2.82. The molecule has 1 rings (SSSR count). The van der Waals surface area contributed by atoms with Crippen LogP contribution >= 0.6 is 0 Å². The summed E-state index contributed by atoms with van der Waals surface area (Å²) in [6.45, 7) is 0. The van der Waals surface area contributed by atoms with Crippen molar-refractivity contribution in [1.82, 2.24) is 0 Å². The van der Waals surface area contributed by atoms with E-state index in [4.69, 9.17) is 10.8 Å². The Bertz CT molecular complexity index is 273. The Labute approximate surface area is 70.8 Å². The fourth-order valence-corrected chi connectivity index (χ4v) is 1.00. The molecule has 0 heterocycles. The van der Waals surface area contributed by atoms with E-state index in [1.54, 1.807) is 18.2 Å². The highest BCUT2D eigenvalue weighted by molar-refractivity contribution is 5.57. The third kappa shape index (κ3) is 2.36. The molecule has 1 atom stereocenters. The summed E-state index contributed by atoms with van der Waals surface area (Å²) in [6.07, 6.45) is 1.17. The average molecular weight is 165 g/mol. The third-order valence-electron chi connectivity index (χ3n) is 1.56. The van der Waals surface area contributed by atoms with Crippen LogP contribution in [0.2, 0.25) is 0 Å². The zero-order valence-electron chi connectivity index (χ0n) is 6.60. The molecule has 0 aliphatic rings. The van der Waals surface area contributed by atoms with Crippen molar-refractivity contribution in [3.63, 3.8) is 0 Å². The van der Waals surface area contributed by atoms with Gasteiger partial charge in [0.2, 0.25) is 0 Å². The Hall–Kier alpha value is -1.35. The Morgan fingerprint density at radius 3 is 2.92 bits per heavy atom. The number of benzene rings is 1. The van der Waals surface area contributed by atoms with Gasteiger partial charge in [-0.15, -0.1) is 0 Å². The predicted octanol–water partition coefficient (Wildman–Crippen LogP) is 0.461. The molecule has 0 saturated carbocycles. The lowest BCUT2D eigenvalue weighted by atomic mass is 10.1. The number of carbonyl (C=O) groups excluding carboxylic acids is 1. The SMILES string of the molecule is NC(C=O)Cc1cccc(O)c1. The van der Waals surface area contributed by atoms with Crippen LogP contribution in [0.1, 0.15) is 5.56 Å². The van der Waals surface area contributed by atoms with E-state index >= 15 is 0 Å². The largest absolute Gasteiger partial charge is 0.508 e. The second-order valence-corrected chi connectivity index (χ2v) is 2.67. The topological polar surface area (TPSA) is 63.3 Å². The van der Waals surface area contributed by atoms with E-state index in [1.165, 1.54) is 0 Å². The van der Waals surface area contributed by atoms with Crippen LogP contribution in [0.3, 0.4) is 0 Å². The minimum Gasteiger partial charge on any atom is -0.508 e. The van der Waals surface area contributed by atoms with Gasteiger partial charge in [0.15, 0.2) is 0 Å². The van der Waals surface area contributed by atoms with Gasteiger partial charge in [-0.1, -0.05) is 12.1 Å². The quantitative estimate of drug-likeness (QED) is 0.639. The van der Waals surface area contributed by atoms with E-state index in [2.05, 4.69) is 0 Å². The van der Waals surface area contributed by atoms with Crippen molar-refractivity contribution in [3.8, 4) is 5.75 Å². The lowest BCUT2D eigenvalue weighted by Crippen LogP contribution is -2.23. The number of phenolic OH excluding ortho intramolecular Hbond substituents is 1. The molecule has 12 heavy (non-hydrogen) atoms. The number of aromatic hydroxyl groups is 1. The summed E-state index contributed by atoms with van der Waals surface area (Å²) in [7, 11) is 0. The molecule has 3 nitrogen and oxygen atoms in total. The Balaban J connectivity index is 2.69. The zero-order valence-corrected chi connectivity index (χ0v) is 6.60. The molecule has 1 aromatic carbocycles. The van der Waals surface area contributed by atoms with Gasteiger partial charge in [0.1, 0.15) is 12.0 Å². The molecule has 0 saturated heterocycles. The highest BCUT2D eigenvalue weighted by Gasteiger charge is 2.01. The maximum Gasteiger partial charge on any atom is 0.137 e. The summed E-state index contributed by atoms with van der Waals surface area (Å²) in [6, 6.07) is 6.25. The molecule has 1 aromatic rings. The number of carbonyl (C=O) groups is 1. The van der Waals surface area contributed by atoms with E-state index in [9.17, 15) is 4.79 Å². The Morgan fingerprint density at radius 2 is 2.33 bits per heavy atom. The fraction of sp³-hybridized carbons (Fsp3) is 0.222. The molecule has 0 fully saturated rings. The number of hydrogen-bond donors (Lipinski definition) is 2. The first-order valence-corrected chi connectivity index (χ1v) is 3.71. The first-order valence-electron chi connectivity index (χ1n) is 3.71. The zero-order chi connectivity index (χ0) is 8.97. The van der Waals surface area contributed by atoms with Crippen LogP contribution in [-0.4, -0.2) is 17.4 Å². The highest BCUT2D eigenvalue weighted by atomic mass is 16.3. The van der Waals surface area contributed by atoms with Crippen molar-refractivity contribution in [3.05, 3.63) is 29.8 Å². The van der Waals surface area contributed by atoms with E-state index in [1.807, 2.05) is 6.07 Å². The summed E-state index contributed by atoms with van der Waals surface area (Å²) >= 11 is 0. The lowest BCUT2D eigenvalue weighted by Gasteiger charge is -2.03. The number of nitrogens with two attached hydrogens (primary N) is 1. The normalized spacial score (nSPS) is 12.4. The standard InChI is InChI=1S/C9H11NO2/c10-8(6-11)4-7-2-1-3-9(12)5-7/h1-3,5-6,8,12H,4,10H2. The number of phenols is 1. The van der Waals surface area contributed by atoms with Crippen LogP contribution in [0.5, 0.6) is 5.75 Å². The van der Waals surface area contributed by atoms with Crippen molar-refractivity contribution < 1.29 is 9.90 Å². The second-order valence-electron chi connectivity index (χ2n) is 2.67. The van der Waals surface area contributed by atoms with Crippen molar-refractivity contribution >= 4 is 6.29 Å². The van der Waals surface area contributed by atoms with Crippen LogP contribution in [0, 0.1) is 0 Å². The first-order chi connectivity index (χ1) is 5.72. The van der Waals surface area contributed by atoms with Gasteiger partial charge in [-0.2, -0.15) is 0 Å². The second kappa shape index (κ2) is 3.88. The van der Waals surface area contributed by atoms with E-state index in [0.29, 0.717) is 12.7 Å². The lowest BCUT2D eigenvalue weighted by molar-refractivity contribution is -0.108. The van der Waals surface area contributed by atoms with E-state index in [0.717, 1.165) is 5.56 Å². The van der Waals surface area contributed by atoms with Crippen molar-refractivity contribution in [2.45, 2.75) is 12.5 Å². The molecule has 0 radical (unpaired) electrons. The molecule has 3 N–H and O–H groups in total. The molecular formula is C9H11NO2. The van der Waals surface area contributed by atoms with Gasteiger partial charge in [-0.05, 0) is 24.1 Å². The molecule has 0 aromatic heterocycles. The minimum atomic E-state index is -0.480. The molecule has 1 unspecified atom stereocenters. The molecule has 0 amide bonds. The van der Waals surface area contributed by atoms with Crippen LogP contribution < -0.4 is 5.73 Å². The van der Waals surface area contributed by atoms with Crippen LogP contribution in [0.25, 0.3) is 0 Å². The maximum absolute atomic E-state index is 10.2. The molecule has 3 heteroatoms. The monoisotopic (exact) mass is 165 g/mol. The van der Waals surface area contributed by atoms with Gasteiger partial charge in [0.25, 0.3) is 0 Å². The minimum absolute atomic E-state index is 0.200. The Morgan fingerprint density at radius 1 is 1.58 bits per heavy atom. The van der Waals surface area contributed by atoms with Crippen LogP contribution in [-0.2, 0) is 11.2 Å². The summed E-state index contributed by atoms with van der Waals surface area (Å²) in [5.74, 6) is 0.200. The third-order valence-corrected chi connectivity index (χ3v) is 1.56. The van der Waals surface area contributed by atoms with Gasteiger partial charge in [0, 0.05) is 0 Å². The van der Waals surface area contributed by atoms with Crippen LogP contribution in [0.4, 0.5) is 0 Å². The first kappa shape index (κ1) is 8.74. The molecule has 64 valence electrons. The van der Waals surface area contributed by atoms with Gasteiger partial charge < -0.3 is 15.6 Å². The predicted molar refractivity (Wildman–Crippen MR) is 45.9 cm³/mol. The fourth-order valence-electron chi connectivity index (χ4n) is 1.00. The van der Waals surface area contributed by atoms with Gasteiger partial charge in [-0.25, -0.2) is 0 Å². The molecule has 0 bridgehead atoms. The summed E-state index contributed by atoms with van der Waals surface area (Å²) < 4.78 is 0. The molecule has 0 aliphatic heterocycles. The van der Waals surface area contributed by atoms with Crippen molar-refractivity contribution in [2.24, 2.45) is 5.73 Å². The van der Waals surface area contributed by atoms with E-state index in [-0.39, 0.29) is 5.75 Å². The molecular weight excluding hydrogens is 154 g/mol. The number of rotatable bonds is 3. The highest BCUT2D eigenvalue weighted by Crippen LogP contribution is 2.11. The van der Waals surface area contributed by atoms with E-state index < -0.39 is 6.04 Å². The summed E-state index contributed by atoms with van der Waals surface area (Å²) in [5, 5.41) is 9.07. The number of hydrogen-bond acceptors (Lipinski definition) is 3. The number of aldehydes is 1. The van der Waals surface area contributed by atoms with Crippen molar-refractivity contribution in [1.29, 1.82) is 0 Å². The summed E-state index contributed by atoms with van der Waals surface area (Å²) in [4.78, 5) is 10.2. The van der Waals surface area contributed by atoms with Gasteiger partial charge in [-0.3, -0.25) is 0 Å². The average Bonchev–Trinajstić information content (AvgIpc) is 2.04. The molecule has 0 aliphatic carbocycles. The van der Waals surface area contributed by atoms with Crippen LogP contribution in [0.15, 0.2) is 24.3 Å². The van der Waals surface area contributed by atoms with Crippen molar-refractivity contribution in [2.75, 3.05) is 0 Å². The van der Waals surface area contributed by atoms with Gasteiger partial charge in [0.05, 0.1) is 6.04 Å². The summed E-state index contributed by atoms with van der Waals surface area (Å²) in [5.41, 5.74) is 6.28. The van der Waals surface area contributed by atoms with Gasteiger partial charge >= 0.3 is 0 Å².